The Morgan fingerprint density at radius 3 is 1.63 bits per heavy atom. The lowest BCUT2D eigenvalue weighted by atomic mass is 9.98. The molecule has 6 amide bonds. The molecule has 3 unspecified atom stereocenters. The SMILES string of the molecule is CC1CCN(C(=O)COc2ccncc2)CC1.CC1CCN(C(=O)Cc2ccncn2)C(=O)C1.CC1CCN(CC(=O)C(=O)O)C(=O)C1.CC1CCN(CCC(=O)O)C(=O)C1.CN1CCC(NS(N)(=O)=O)CC1.CN1CCN(C(=O)CNc2ccncc2)CC1. The van der Waals surface area contributed by atoms with Gasteiger partial charge < -0.3 is 49.7 Å². The number of aromatic nitrogens is 4. The van der Waals surface area contributed by atoms with Crippen molar-refractivity contribution < 1.29 is 66.5 Å². The van der Waals surface area contributed by atoms with Gasteiger partial charge >= 0.3 is 11.9 Å². The van der Waals surface area contributed by atoms with Crippen LogP contribution >= 0.6 is 0 Å². The topological polar surface area (TPSA) is 362 Å². The minimum atomic E-state index is -3.51. The summed E-state index contributed by atoms with van der Waals surface area (Å²) < 4.78 is 29.1. The summed E-state index contributed by atoms with van der Waals surface area (Å²) in [6.45, 7) is 17.7. The average Bonchev–Trinajstić information content (AvgIpc) is 1.92. The summed E-state index contributed by atoms with van der Waals surface area (Å²) in [4.78, 5) is 130. The van der Waals surface area contributed by atoms with Crippen LogP contribution in [0.15, 0.2) is 67.6 Å². The highest BCUT2D eigenvalue weighted by Crippen LogP contribution is 2.21. The van der Waals surface area contributed by atoms with E-state index in [1.54, 1.807) is 54.1 Å². The first-order valence-electron chi connectivity index (χ1n) is 30.8. The van der Waals surface area contributed by atoms with Crippen molar-refractivity contribution in [2.24, 2.45) is 28.8 Å². The molecule has 3 atom stereocenters. The van der Waals surface area contributed by atoms with Crippen LogP contribution in [0.5, 0.6) is 5.75 Å². The number of piperidine rings is 5. The van der Waals surface area contributed by atoms with Gasteiger partial charge in [-0.15, -0.1) is 0 Å². The molecule has 6 N–H and O–H groups in total. The van der Waals surface area contributed by atoms with Crippen molar-refractivity contribution in [3.8, 4) is 5.75 Å². The fourth-order valence-electron chi connectivity index (χ4n) is 9.96. The molecule has 29 heteroatoms. The van der Waals surface area contributed by atoms with Crippen molar-refractivity contribution in [3.63, 3.8) is 0 Å². The Morgan fingerprint density at radius 1 is 0.600 bits per heavy atom. The number of carbonyl (C=O) groups is 9. The fourth-order valence-corrected chi connectivity index (χ4v) is 10.7. The number of hydrogen-bond donors (Lipinski definition) is 5. The van der Waals surface area contributed by atoms with E-state index in [0.29, 0.717) is 81.2 Å². The van der Waals surface area contributed by atoms with Gasteiger partial charge in [-0.3, -0.25) is 53.2 Å². The van der Waals surface area contributed by atoms with E-state index in [0.717, 1.165) is 109 Å². The van der Waals surface area contributed by atoms with Gasteiger partial charge in [-0.2, -0.15) is 13.1 Å². The molecule has 9 heterocycles. The molecule has 498 valence electrons. The number of carboxylic acid groups (broad SMARTS) is 2. The van der Waals surface area contributed by atoms with Crippen molar-refractivity contribution in [2.75, 3.05) is 118 Å². The standard InChI is InChI=1S/C13H18N2O2.C12H18N4O.C12H15N3O2.C9H13NO4.C9H15NO3.C6H15N3O2S/c1-11-4-8-15(9-5-11)13(16)10-17-12-2-6-14-7-3-12;1-15-6-8-16(9-7-15)12(17)10-14-11-2-4-13-5-3-11;1-9-3-5-15(11(16)6-9)12(17)7-10-2-4-13-8-14-10;1-6-2-3-10(8(12)4-6)5-7(11)9(13)14;1-7-2-4-10(8(11)6-7)5-3-9(12)13;1-9-4-2-6(3-5-9)8-12(7,10)11/h2-3,6-7,11H,4-5,8-10H2,1H3;2-5H,6-10H2,1H3,(H,13,14);2,4,8-9H,3,5-7H2,1H3;6H,2-5H2,1H3,(H,13,14);7H,2-6H2,1H3,(H,12,13);6,8H,2-5H2,1H3,(H2,7,10,11). The molecule has 9 rings (SSSR count). The fraction of sp³-hybridized carbons (Fsp3) is 0.623. The number of likely N-dealkylation sites (tertiary alicyclic amines) is 5. The van der Waals surface area contributed by atoms with E-state index in [1.165, 1.54) is 16.1 Å². The molecule has 6 aliphatic rings. The van der Waals surface area contributed by atoms with E-state index >= 15 is 0 Å². The molecule has 0 bridgehead atoms. The second-order valence-electron chi connectivity index (χ2n) is 23.7. The lowest BCUT2D eigenvalue weighted by molar-refractivity contribution is -0.151. The third-order valence-corrected chi connectivity index (χ3v) is 16.5. The number of ether oxygens (including phenoxy) is 1. The zero-order chi connectivity index (χ0) is 66.2. The first-order valence-corrected chi connectivity index (χ1v) is 32.3. The molecule has 0 radical (unpaired) electrons. The molecule has 0 aromatic carbocycles. The largest absolute Gasteiger partial charge is 0.484 e. The monoisotopic (exact) mass is 1280 g/mol. The Bertz CT molecular complexity index is 2770. The van der Waals surface area contributed by atoms with Gasteiger partial charge in [0, 0.05) is 127 Å². The van der Waals surface area contributed by atoms with Crippen LogP contribution in [-0.2, 0) is 59.8 Å². The van der Waals surface area contributed by atoms with Crippen molar-refractivity contribution in [3.05, 3.63) is 73.3 Å². The Hall–Kier alpha value is -7.60. The Balaban J connectivity index is 0.000000232. The highest BCUT2D eigenvalue weighted by Gasteiger charge is 2.30. The Kier molecular flexibility index (Phi) is 32.9. The minimum Gasteiger partial charge on any atom is -0.484 e. The lowest BCUT2D eigenvalue weighted by Gasteiger charge is -2.32. The van der Waals surface area contributed by atoms with Crippen LogP contribution in [0.25, 0.3) is 0 Å². The number of carbonyl (C=O) groups excluding carboxylic acids is 7. The summed E-state index contributed by atoms with van der Waals surface area (Å²) in [5, 5.41) is 24.8. The number of anilines is 1. The number of likely N-dealkylation sites (N-methyl/N-ethyl adjacent to an activating group) is 1. The van der Waals surface area contributed by atoms with Gasteiger partial charge in [0.2, 0.25) is 29.5 Å². The first kappa shape index (κ1) is 74.9. The van der Waals surface area contributed by atoms with Crippen LogP contribution in [0.4, 0.5) is 5.69 Å². The van der Waals surface area contributed by atoms with E-state index in [9.17, 15) is 51.6 Å². The summed E-state index contributed by atoms with van der Waals surface area (Å²) in [6.07, 6.45) is 18.0. The Labute approximate surface area is 528 Å². The first-order chi connectivity index (χ1) is 42.7. The molecule has 6 saturated heterocycles. The van der Waals surface area contributed by atoms with E-state index in [4.69, 9.17) is 20.1 Å². The number of amides is 6. The smallest absolute Gasteiger partial charge is 0.374 e. The predicted molar refractivity (Wildman–Crippen MR) is 334 cm³/mol. The molecule has 6 fully saturated rings. The average molecular weight is 1280 g/mol. The summed E-state index contributed by atoms with van der Waals surface area (Å²) in [5.74, 6) is -0.669. The molecule has 3 aromatic rings. The van der Waals surface area contributed by atoms with Crippen molar-refractivity contribution >= 4 is 69.1 Å². The maximum atomic E-state index is 11.9. The van der Waals surface area contributed by atoms with Gasteiger partial charge in [0.1, 0.15) is 12.1 Å². The summed E-state index contributed by atoms with van der Waals surface area (Å²) in [5.41, 5.74) is 1.58. The summed E-state index contributed by atoms with van der Waals surface area (Å²) in [7, 11) is 0.592. The zero-order valence-electron chi connectivity index (χ0n) is 53.0. The number of ketones is 1. The highest BCUT2D eigenvalue weighted by molar-refractivity contribution is 7.87. The van der Waals surface area contributed by atoms with Gasteiger partial charge in [-0.25, -0.2) is 19.9 Å². The lowest BCUT2D eigenvalue weighted by Crippen LogP contribution is -2.48. The number of carboxylic acids is 2. The van der Waals surface area contributed by atoms with E-state index in [1.807, 2.05) is 49.8 Å². The number of imide groups is 1. The molecule has 3 aromatic heterocycles. The normalized spacial score (nSPS) is 20.1. The zero-order valence-corrected chi connectivity index (χ0v) is 53.8. The van der Waals surface area contributed by atoms with Gasteiger partial charge in [-0.1, -0.05) is 27.7 Å². The minimum absolute atomic E-state index is 0.0243. The second-order valence-corrected chi connectivity index (χ2v) is 25.1. The van der Waals surface area contributed by atoms with Gasteiger partial charge in [0.25, 0.3) is 21.9 Å². The maximum absolute atomic E-state index is 11.9. The quantitative estimate of drug-likeness (QED) is 0.128. The molecule has 28 nitrogen and oxygen atoms in total. The van der Waals surface area contributed by atoms with E-state index < -0.39 is 27.9 Å². The van der Waals surface area contributed by atoms with Crippen LogP contribution in [0, 0.1) is 23.7 Å². The van der Waals surface area contributed by atoms with Gasteiger partial charge in [0.05, 0.1) is 31.6 Å². The van der Waals surface area contributed by atoms with Gasteiger partial charge in [0.15, 0.2) is 6.61 Å². The molecule has 0 saturated carbocycles. The van der Waals surface area contributed by atoms with Crippen LogP contribution < -0.4 is 19.9 Å². The highest BCUT2D eigenvalue weighted by atomic mass is 32.2. The van der Waals surface area contributed by atoms with E-state index in [-0.39, 0.29) is 67.5 Å². The van der Waals surface area contributed by atoms with Crippen molar-refractivity contribution in [2.45, 2.75) is 111 Å². The molecular formula is C61H94N14O14S. The third kappa shape index (κ3) is 30.3. The number of nitrogens with one attached hydrogen (secondary N) is 2. The molecule has 90 heavy (non-hydrogen) atoms. The molecule has 6 aliphatic heterocycles. The number of aliphatic carboxylic acids is 2. The molecule has 0 spiro atoms. The van der Waals surface area contributed by atoms with Crippen molar-refractivity contribution in [1.82, 2.24) is 59.0 Å². The van der Waals surface area contributed by atoms with Crippen LogP contribution in [0.1, 0.15) is 104 Å². The molecule has 0 aliphatic carbocycles. The van der Waals surface area contributed by atoms with E-state index in [2.05, 4.69) is 53.7 Å². The van der Waals surface area contributed by atoms with Gasteiger partial charge in [-0.05, 0) is 126 Å². The Morgan fingerprint density at radius 2 is 1.11 bits per heavy atom. The van der Waals surface area contributed by atoms with Crippen LogP contribution in [0.3, 0.4) is 0 Å². The molecular weight excluding hydrogens is 1180 g/mol. The van der Waals surface area contributed by atoms with Crippen LogP contribution in [0.2, 0.25) is 0 Å². The predicted octanol–water partition coefficient (Wildman–Crippen LogP) is 2.28. The maximum Gasteiger partial charge on any atom is 0.374 e. The summed E-state index contributed by atoms with van der Waals surface area (Å²) in [6, 6.07) is 8.94. The third-order valence-electron chi connectivity index (χ3n) is 15.8. The number of nitrogens with two attached hydrogens (primary N) is 1. The number of rotatable bonds is 16. The second kappa shape index (κ2) is 39.5. The van der Waals surface area contributed by atoms with Crippen LogP contribution in [-0.4, -0.2) is 244 Å². The number of piperazine rings is 1. The van der Waals surface area contributed by atoms with Crippen molar-refractivity contribution in [1.29, 1.82) is 0 Å². The number of pyridine rings is 2. The number of hydrogen-bond acceptors (Lipinski definition) is 19. The number of nitrogens with zero attached hydrogens (tertiary/aromatic N) is 11. The summed E-state index contributed by atoms with van der Waals surface area (Å²) >= 11 is 0. The number of Topliss-reactive ketones (excluding diaryl/α,β-unsaturated/α-hetero) is 1.